The van der Waals surface area contributed by atoms with Gasteiger partial charge in [-0.15, -0.1) is 0 Å². The molecule has 0 aliphatic carbocycles. The first kappa shape index (κ1) is 17.4. The van der Waals surface area contributed by atoms with E-state index in [9.17, 15) is 9.59 Å². The topological polar surface area (TPSA) is 71.9 Å². The molecule has 0 fully saturated rings. The van der Waals surface area contributed by atoms with Crippen LogP contribution in [0.25, 0.3) is 0 Å². The third-order valence-electron chi connectivity index (χ3n) is 3.57. The van der Waals surface area contributed by atoms with Crippen LogP contribution in [0.1, 0.15) is 33.3 Å². The highest BCUT2D eigenvalue weighted by atomic mass is 35.5. The Bertz CT molecular complexity index is 848. The van der Waals surface area contributed by atoms with E-state index in [0.29, 0.717) is 28.5 Å². The number of nitrogens with zero attached hydrogens (tertiary/aromatic N) is 3. The molecule has 2 amide bonds. The number of hydrogen-bond donors (Lipinski definition) is 0. The van der Waals surface area contributed by atoms with Gasteiger partial charge < -0.3 is 4.84 Å². The number of fused-ring (bicyclic) bond motifs is 1. The van der Waals surface area contributed by atoms with Gasteiger partial charge in [-0.3, -0.25) is 19.5 Å². The first-order chi connectivity index (χ1) is 12.0. The SMILES string of the molecule is CCO/N=C(/CN1C(=O)c2ccccc2C1=O)c1ncc(Cl)cc1Cl. The molecule has 1 aromatic heterocycles. The Kier molecular flexibility index (Phi) is 5.01. The van der Waals surface area contributed by atoms with Crippen LogP contribution < -0.4 is 0 Å². The smallest absolute Gasteiger partial charge is 0.261 e. The van der Waals surface area contributed by atoms with Gasteiger partial charge in [0, 0.05) is 6.20 Å². The predicted molar refractivity (Wildman–Crippen MR) is 94.2 cm³/mol. The van der Waals surface area contributed by atoms with Gasteiger partial charge in [-0.2, -0.15) is 0 Å². The molecule has 0 saturated heterocycles. The molecule has 1 aliphatic rings. The number of rotatable bonds is 5. The summed E-state index contributed by atoms with van der Waals surface area (Å²) in [5.74, 6) is -0.787. The van der Waals surface area contributed by atoms with Crippen LogP contribution in [0.2, 0.25) is 10.0 Å². The fraction of sp³-hybridized carbons (Fsp3) is 0.176. The second kappa shape index (κ2) is 7.21. The van der Waals surface area contributed by atoms with Gasteiger partial charge in [-0.05, 0) is 25.1 Å². The van der Waals surface area contributed by atoms with E-state index in [1.165, 1.54) is 12.3 Å². The van der Waals surface area contributed by atoms with Crippen molar-refractivity contribution in [3.05, 3.63) is 63.4 Å². The van der Waals surface area contributed by atoms with Crippen molar-refractivity contribution >= 4 is 40.7 Å². The summed E-state index contributed by atoms with van der Waals surface area (Å²) in [6.45, 7) is 1.97. The lowest BCUT2D eigenvalue weighted by molar-refractivity contribution is 0.0675. The largest absolute Gasteiger partial charge is 0.396 e. The lowest BCUT2D eigenvalue weighted by Gasteiger charge is -2.15. The summed E-state index contributed by atoms with van der Waals surface area (Å²) in [6, 6.07) is 8.15. The fourth-order valence-corrected chi connectivity index (χ4v) is 2.94. The quantitative estimate of drug-likeness (QED) is 0.454. The van der Waals surface area contributed by atoms with E-state index in [1.807, 2.05) is 0 Å². The van der Waals surface area contributed by atoms with Crippen molar-refractivity contribution in [3.8, 4) is 0 Å². The Balaban J connectivity index is 1.95. The van der Waals surface area contributed by atoms with Crippen molar-refractivity contribution in [2.24, 2.45) is 5.16 Å². The van der Waals surface area contributed by atoms with Gasteiger partial charge >= 0.3 is 0 Å². The van der Waals surface area contributed by atoms with Gasteiger partial charge in [0.1, 0.15) is 18.0 Å². The standard InChI is InChI=1S/C17H13Cl2N3O3/c1-2-25-21-14(15-13(19)7-10(18)8-20-15)9-22-16(23)11-5-3-4-6-12(11)17(22)24/h3-8H,2,9H2,1H3/b21-14-. The number of hydrogen-bond acceptors (Lipinski definition) is 5. The van der Waals surface area contributed by atoms with Gasteiger partial charge in [0.2, 0.25) is 0 Å². The normalized spacial score (nSPS) is 14.0. The highest BCUT2D eigenvalue weighted by Crippen LogP contribution is 2.24. The molecule has 0 atom stereocenters. The van der Waals surface area contributed by atoms with E-state index in [0.717, 1.165) is 4.90 Å². The first-order valence-electron chi connectivity index (χ1n) is 7.48. The maximum Gasteiger partial charge on any atom is 0.261 e. The molecule has 0 N–H and O–H groups in total. The van der Waals surface area contributed by atoms with E-state index < -0.39 is 11.8 Å². The molecule has 6 nitrogen and oxygen atoms in total. The molecule has 128 valence electrons. The Hall–Kier alpha value is -2.44. The van der Waals surface area contributed by atoms with Crippen LogP contribution in [-0.4, -0.2) is 40.6 Å². The van der Waals surface area contributed by atoms with Crippen molar-refractivity contribution in [1.29, 1.82) is 0 Å². The number of amides is 2. The van der Waals surface area contributed by atoms with Crippen LogP contribution >= 0.6 is 23.2 Å². The highest BCUT2D eigenvalue weighted by molar-refractivity contribution is 6.36. The third-order valence-corrected chi connectivity index (χ3v) is 4.07. The number of carbonyl (C=O) groups is 2. The Morgan fingerprint density at radius 2 is 1.84 bits per heavy atom. The van der Waals surface area contributed by atoms with Gasteiger partial charge in [-0.1, -0.05) is 40.5 Å². The highest BCUT2D eigenvalue weighted by Gasteiger charge is 2.36. The van der Waals surface area contributed by atoms with E-state index in [4.69, 9.17) is 28.0 Å². The molecular formula is C17H13Cl2N3O3. The number of aromatic nitrogens is 1. The number of carbonyl (C=O) groups excluding carboxylic acids is 2. The second-order valence-electron chi connectivity index (χ2n) is 5.18. The molecule has 8 heteroatoms. The molecule has 25 heavy (non-hydrogen) atoms. The van der Waals surface area contributed by atoms with E-state index in [-0.39, 0.29) is 17.3 Å². The molecule has 1 aromatic carbocycles. The summed E-state index contributed by atoms with van der Waals surface area (Å²) in [7, 11) is 0. The average molecular weight is 378 g/mol. The van der Waals surface area contributed by atoms with Gasteiger partial charge in [0.25, 0.3) is 11.8 Å². The summed E-state index contributed by atoms with van der Waals surface area (Å²) in [5.41, 5.74) is 1.28. The second-order valence-corrected chi connectivity index (χ2v) is 6.03. The van der Waals surface area contributed by atoms with Crippen molar-refractivity contribution in [2.75, 3.05) is 13.2 Å². The summed E-state index contributed by atoms with van der Waals surface area (Å²) in [5, 5.41) is 4.60. The molecule has 3 rings (SSSR count). The summed E-state index contributed by atoms with van der Waals surface area (Å²) < 4.78 is 0. The maximum absolute atomic E-state index is 12.5. The number of oxime groups is 1. The maximum atomic E-state index is 12.5. The third kappa shape index (κ3) is 3.36. The zero-order valence-electron chi connectivity index (χ0n) is 13.2. The molecule has 0 unspecified atom stereocenters. The van der Waals surface area contributed by atoms with Crippen molar-refractivity contribution < 1.29 is 14.4 Å². The molecule has 2 heterocycles. The van der Waals surface area contributed by atoms with E-state index in [1.54, 1.807) is 31.2 Å². The lowest BCUT2D eigenvalue weighted by atomic mass is 10.1. The average Bonchev–Trinajstić information content (AvgIpc) is 2.84. The number of halogens is 2. The van der Waals surface area contributed by atoms with Crippen LogP contribution in [0.4, 0.5) is 0 Å². The van der Waals surface area contributed by atoms with Crippen molar-refractivity contribution in [1.82, 2.24) is 9.88 Å². The fourth-order valence-electron chi connectivity index (χ4n) is 2.45. The van der Waals surface area contributed by atoms with Crippen LogP contribution in [0, 0.1) is 0 Å². The van der Waals surface area contributed by atoms with Crippen LogP contribution in [0.5, 0.6) is 0 Å². The summed E-state index contributed by atoms with van der Waals surface area (Å²) >= 11 is 12.0. The molecule has 0 radical (unpaired) electrons. The monoisotopic (exact) mass is 377 g/mol. The zero-order chi connectivity index (χ0) is 18.0. The Labute approximate surface area is 154 Å². The zero-order valence-corrected chi connectivity index (χ0v) is 14.7. The predicted octanol–water partition coefficient (Wildman–Crippen LogP) is 3.43. The number of benzene rings is 1. The van der Waals surface area contributed by atoms with Gasteiger partial charge in [-0.25, -0.2) is 0 Å². The minimum atomic E-state index is -0.394. The summed E-state index contributed by atoms with van der Waals surface area (Å²) in [6.07, 6.45) is 1.41. The molecule has 0 bridgehead atoms. The van der Waals surface area contributed by atoms with Crippen LogP contribution in [0.15, 0.2) is 41.7 Å². The van der Waals surface area contributed by atoms with E-state index in [2.05, 4.69) is 10.1 Å². The van der Waals surface area contributed by atoms with Gasteiger partial charge in [0.15, 0.2) is 0 Å². The minimum absolute atomic E-state index is 0.110. The summed E-state index contributed by atoms with van der Waals surface area (Å²) in [4.78, 5) is 35.4. The lowest BCUT2D eigenvalue weighted by Crippen LogP contribution is -2.35. The van der Waals surface area contributed by atoms with Crippen molar-refractivity contribution in [3.63, 3.8) is 0 Å². The van der Waals surface area contributed by atoms with Crippen LogP contribution in [-0.2, 0) is 4.84 Å². The Morgan fingerprint density at radius 3 is 2.40 bits per heavy atom. The molecular weight excluding hydrogens is 365 g/mol. The Morgan fingerprint density at radius 1 is 1.20 bits per heavy atom. The van der Waals surface area contributed by atoms with Crippen molar-refractivity contribution in [2.45, 2.75) is 6.92 Å². The van der Waals surface area contributed by atoms with Gasteiger partial charge in [0.05, 0.1) is 27.7 Å². The minimum Gasteiger partial charge on any atom is -0.396 e. The molecule has 2 aromatic rings. The van der Waals surface area contributed by atoms with E-state index >= 15 is 0 Å². The molecule has 1 aliphatic heterocycles. The molecule has 0 saturated carbocycles. The molecule has 0 spiro atoms. The first-order valence-corrected chi connectivity index (χ1v) is 8.24. The number of pyridine rings is 1. The number of imide groups is 1. The van der Waals surface area contributed by atoms with Crippen LogP contribution in [0.3, 0.4) is 0 Å².